The van der Waals surface area contributed by atoms with Crippen molar-refractivity contribution in [2.75, 3.05) is 19.8 Å². The van der Waals surface area contributed by atoms with Crippen molar-refractivity contribution < 1.29 is 4.74 Å². The lowest BCUT2D eigenvalue weighted by Crippen LogP contribution is -2.19. The molecule has 0 aliphatic carbocycles. The van der Waals surface area contributed by atoms with Gasteiger partial charge in [0.25, 0.3) is 0 Å². The van der Waals surface area contributed by atoms with Crippen molar-refractivity contribution >= 4 is 0 Å². The summed E-state index contributed by atoms with van der Waals surface area (Å²) in [5, 5.41) is 7.39. The summed E-state index contributed by atoms with van der Waals surface area (Å²) in [6, 6.07) is 0. The lowest BCUT2D eigenvalue weighted by Gasteiger charge is -2.03. The average Bonchev–Trinajstić information content (AvgIpc) is 2.58. The van der Waals surface area contributed by atoms with Crippen LogP contribution >= 0.6 is 0 Å². The summed E-state index contributed by atoms with van der Waals surface area (Å²) < 4.78 is 7.15. The Hall–Kier alpha value is -0.870. The SMILES string of the molecule is CCCOCCNCc1cnn(C)c1. The van der Waals surface area contributed by atoms with Crippen LogP contribution in [0.25, 0.3) is 0 Å². The number of hydrogen-bond donors (Lipinski definition) is 1. The topological polar surface area (TPSA) is 39.1 Å². The largest absolute Gasteiger partial charge is 0.380 e. The Balaban J connectivity index is 1.99. The molecule has 4 nitrogen and oxygen atoms in total. The number of ether oxygens (including phenoxy) is 1. The number of hydrogen-bond acceptors (Lipinski definition) is 3. The second-order valence-corrected chi connectivity index (χ2v) is 3.31. The van der Waals surface area contributed by atoms with E-state index in [-0.39, 0.29) is 0 Å². The van der Waals surface area contributed by atoms with E-state index in [9.17, 15) is 0 Å². The van der Waals surface area contributed by atoms with Crippen molar-refractivity contribution in [3.8, 4) is 0 Å². The number of nitrogens with zero attached hydrogens (tertiary/aromatic N) is 2. The quantitative estimate of drug-likeness (QED) is 0.661. The zero-order valence-electron chi connectivity index (χ0n) is 8.99. The van der Waals surface area contributed by atoms with Gasteiger partial charge in [-0.15, -0.1) is 0 Å². The molecule has 80 valence electrons. The first-order chi connectivity index (χ1) is 6.83. The van der Waals surface area contributed by atoms with Crippen LogP contribution < -0.4 is 5.32 Å². The summed E-state index contributed by atoms with van der Waals surface area (Å²) in [4.78, 5) is 0. The average molecular weight is 197 g/mol. The Morgan fingerprint density at radius 3 is 3.00 bits per heavy atom. The zero-order chi connectivity index (χ0) is 10.2. The van der Waals surface area contributed by atoms with Crippen molar-refractivity contribution in [2.24, 2.45) is 7.05 Å². The van der Waals surface area contributed by atoms with Gasteiger partial charge in [-0.05, 0) is 6.42 Å². The first kappa shape index (κ1) is 11.2. The highest BCUT2D eigenvalue weighted by Crippen LogP contribution is 1.94. The minimum Gasteiger partial charge on any atom is -0.380 e. The number of aromatic nitrogens is 2. The van der Waals surface area contributed by atoms with Gasteiger partial charge >= 0.3 is 0 Å². The molecular formula is C10H19N3O. The molecule has 0 aliphatic rings. The number of nitrogens with one attached hydrogen (secondary N) is 1. The van der Waals surface area contributed by atoms with Gasteiger partial charge in [-0.25, -0.2) is 0 Å². The van der Waals surface area contributed by atoms with E-state index in [1.54, 1.807) is 0 Å². The van der Waals surface area contributed by atoms with E-state index in [2.05, 4.69) is 17.3 Å². The van der Waals surface area contributed by atoms with Crippen LogP contribution in [0.15, 0.2) is 12.4 Å². The molecule has 14 heavy (non-hydrogen) atoms. The van der Waals surface area contributed by atoms with Gasteiger partial charge in [0.15, 0.2) is 0 Å². The van der Waals surface area contributed by atoms with Crippen molar-refractivity contribution in [3.63, 3.8) is 0 Å². The third-order valence-corrected chi connectivity index (χ3v) is 1.86. The number of aryl methyl sites for hydroxylation is 1. The highest BCUT2D eigenvalue weighted by molar-refractivity contribution is 5.02. The van der Waals surface area contributed by atoms with Gasteiger partial charge in [0.2, 0.25) is 0 Å². The predicted octanol–water partition coefficient (Wildman–Crippen LogP) is 0.936. The molecule has 0 fully saturated rings. The van der Waals surface area contributed by atoms with E-state index in [1.165, 1.54) is 5.56 Å². The van der Waals surface area contributed by atoms with Gasteiger partial charge in [-0.3, -0.25) is 4.68 Å². The fourth-order valence-corrected chi connectivity index (χ4v) is 1.19. The van der Waals surface area contributed by atoms with E-state index in [0.717, 1.165) is 32.7 Å². The Kier molecular flexibility index (Phi) is 5.25. The zero-order valence-corrected chi connectivity index (χ0v) is 8.99. The molecule has 1 aromatic heterocycles. The molecule has 0 spiro atoms. The van der Waals surface area contributed by atoms with Crippen LogP contribution in [0.1, 0.15) is 18.9 Å². The molecule has 1 heterocycles. The fraction of sp³-hybridized carbons (Fsp3) is 0.700. The maximum absolute atomic E-state index is 5.34. The van der Waals surface area contributed by atoms with Crippen LogP contribution in [-0.4, -0.2) is 29.5 Å². The van der Waals surface area contributed by atoms with Crippen LogP contribution in [0.4, 0.5) is 0 Å². The molecule has 0 aliphatic heterocycles. The molecule has 0 saturated heterocycles. The van der Waals surface area contributed by atoms with Crippen LogP contribution in [0, 0.1) is 0 Å². The molecular weight excluding hydrogens is 178 g/mol. The van der Waals surface area contributed by atoms with Crippen molar-refractivity contribution in [3.05, 3.63) is 18.0 Å². The molecule has 4 heteroatoms. The molecule has 1 rings (SSSR count). The van der Waals surface area contributed by atoms with Crippen LogP contribution in [0.5, 0.6) is 0 Å². The van der Waals surface area contributed by atoms with Crippen molar-refractivity contribution in [1.82, 2.24) is 15.1 Å². The summed E-state index contributed by atoms with van der Waals surface area (Å²) in [5.41, 5.74) is 1.21. The Morgan fingerprint density at radius 1 is 1.50 bits per heavy atom. The van der Waals surface area contributed by atoms with Gasteiger partial charge in [0, 0.05) is 38.5 Å². The van der Waals surface area contributed by atoms with Gasteiger partial charge in [-0.2, -0.15) is 5.10 Å². The summed E-state index contributed by atoms with van der Waals surface area (Å²) in [5.74, 6) is 0. The Morgan fingerprint density at radius 2 is 2.36 bits per heavy atom. The molecule has 0 radical (unpaired) electrons. The van der Waals surface area contributed by atoms with Gasteiger partial charge in [0.1, 0.15) is 0 Å². The van der Waals surface area contributed by atoms with Crippen LogP contribution in [0.2, 0.25) is 0 Å². The Labute approximate surface area is 85.3 Å². The second-order valence-electron chi connectivity index (χ2n) is 3.31. The molecule has 0 saturated carbocycles. The number of rotatable bonds is 7. The first-order valence-electron chi connectivity index (χ1n) is 5.09. The van der Waals surface area contributed by atoms with E-state index in [0.29, 0.717) is 0 Å². The third-order valence-electron chi connectivity index (χ3n) is 1.86. The first-order valence-corrected chi connectivity index (χ1v) is 5.09. The summed E-state index contributed by atoms with van der Waals surface area (Å²) in [7, 11) is 1.92. The fourth-order valence-electron chi connectivity index (χ4n) is 1.19. The lowest BCUT2D eigenvalue weighted by molar-refractivity contribution is 0.136. The molecule has 0 bridgehead atoms. The van der Waals surface area contributed by atoms with Crippen molar-refractivity contribution in [2.45, 2.75) is 19.9 Å². The van der Waals surface area contributed by atoms with Gasteiger partial charge < -0.3 is 10.1 Å². The predicted molar refractivity (Wildman–Crippen MR) is 56.0 cm³/mol. The van der Waals surface area contributed by atoms with Gasteiger partial charge in [0.05, 0.1) is 12.8 Å². The molecule has 1 aromatic rings. The van der Waals surface area contributed by atoms with Gasteiger partial charge in [-0.1, -0.05) is 6.92 Å². The van der Waals surface area contributed by atoms with E-state index in [1.807, 2.05) is 24.1 Å². The van der Waals surface area contributed by atoms with Crippen molar-refractivity contribution in [1.29, 1.82) is 0 Å². The van der Waals surface area contributed by atoms with Crippen LogP contribution in [-0.2, 0) is 18.3 Å². The monoisotopic (exact) mass is 197 g/mol. The molecule has 0 atom stereocenters. The molecule has 0 unspecified atom stereocenters. The smallest absolute Gasteiger partial charge is 0.0591 e. The normalized spacial score (nSPS) is 10.7. The summed E-state index contributed by atoms with van der Waals surface area (Å²) in [6.45, 7) is 5.52. The highest BCUT2D eigenvalue weighted by Gasteiger charge is 1.94. The van der Waals surface area contributed by atoms with E-state index >= 15 is 0 Å². The minimum atomic E-state index is 0.786. The summed E-state index contributed by atoms with van der Waals surface area (Å²) in [6.07, 6.45) is 4.97. The Bertz CT molecular complexity index is 247. The van der Waals surface area contributed by atoms with E-state index in [4.69, 9.17) is 4.74 Å². The van der Waals surface area contributed by atoms with E-state index < -0.39 is 0 Å². The van der Waals surface area contributed by atoms with Crippen LogP contribution in [0.3, 0.4) is 0 Å². The molecule has 1 N–H and O–H groups in total. The minimum absolute atomic E-state index is 0.786. The molecule has 0 aromatic carbocycles. The third kappa shape index (κ3) is 4.39. The standard InChI is InChI=1S/C10H19N3O/c1-3-5-14-6-4-11-7-10-8-12-13(2)9-10/h8-9,11H,3-7H2,1-2H3. The maximum atomic E-state index is 5.34. The maximum Gasteiger partial charge on any atom is 0.0591 e. The summed E-state index contributed by atoms with van der Waals surface area (Å²) >= 11 is 0. The molecule has 0 amide bonds. The lowest BCUT2D eigenvalue weighted by atomic mass is 10.3. The second kappa shape index (κ2) is 6.56. The highest BCUT2D eigenvalue weighted by atomic mass is 16.5.